The lowest BCUT2D eigenvalue weighted by Crippen LogP contribution is -2.51. The Morgan fingerprint density at radius 3 is 1.94 bits per heavy atom. The largest absolute Gasteiger partial charge is 0.392 e. The minimum atomic E-state index is -0.817. The molecule has 0 aromatic rings. The first-order chi connectivity index (χ1) is 7.97. The van der Waals surface area contributed by atoms with Gasteiger partial charge in [-0.05, 0) is 0 Å². The highest BCUT2D eigenvalue weighted by molar-refractivity contribution is 7.80. The number of carbonyl (C=O) groups is 2. The van der Waals surface area contributed by atoms with Crippen LogP contribution in [0.2, 0.25) is 0 Å². The fourth-order valence-electron chi connectivity index (χ4n) is 1.71. The number of piperazine rings is 1. The Morgan fingerprint density at radius 2 is 1.53 bits per heavy atom. The summed E-state index contributed by atoms with van der Waals surface area (Å²) in [5.41, 5.74) is 10.3. The Balaban J connectivity index is 2.25. The summed E-state index contributed by atoms with van der Waals surface area (Å²) in [7, 11) is 0. The molecule has 0 atom stereocenters. The fourth-order valence-corrected chi connectivity index (χ4v) is 1.89. The molecule has 1 rings (SSSR count). The van der Waals surface area contributed by atoms with E-state index in [1.54, 1.807) is 0 Å². The van der Waals surface area contributed by atoms with Gasteiger partial charge in [-0.3, -0.25) is 19.9 Å². The number of hydrogen-bond acceptors (Lipinski definition) is 5. The molecular weight excluding hydrogens is 242 g/mol. The van der Waals surface area contributed by atoms with Gasteiger partial charge < -0.3 is 11.5 Å². The Morgan fingerprint density at radius 1 is 1.06 bits per heavy atom. The van der Waals surface area contributed by atoms with Crippen molar-refractivity contribution in [2.24, 2.45) is 11.5 Å². The molecule has 0 aliphatic carbocycles. The van der Waals surface area contributed by atoms with Crippen molar-refractivity contribution in [3.8, 4) is 0 Å². The lowest BCUT2D eigenvalue weighted by molar-refractivity contribution is -0.121. The number of amides is 3. The Labute approximate surface area is 105 Å². The van der Waals surface area contributed by atoms with Crippen molar-refractivity contribution in [1.29, 1.82) is 0 Å². The quantitative estimate of drug-likeness (QED) is 0.509. The number of rotatable bonds is 4. The van der Waals surface area contributed by atoms with Crippen molar-refractivity contribution in [3.63, 3.8) is 0 Å². The van der Waals surface area contributed by atoms with Crippen LogP contribution in [0.15, 0.2) is 0 Å². The Bertz CT molecular complexity index is 315. The zero-order valence-corrected chi connectivity index (χ0v) is 10.3. The topological polar surface area (TPSA) is 105 Å². The number of nitrogens with zero attached hydrogens (tertiary/aromatic N) is 2. The van der Waals surface area contributed by atoms with Gasteiger partial charge in [0.15, 0.2) is 0 Å². The first-order valence-electron chi connectivity index (χ1n) is 5.29. The van der Waals surface area contributed by atoms with Crippen LogP contribution in [0.4, 0.5) is 4.79 Å². The molecule has 1 saturated heterocycles. The third-order valence-electron chi connectivity index (χ3n) is 2.47. The first kappa shape index (κ1) is 13.8. The summed E-state index contributed by atoms with van der Waals surface area (Å²) < 4.78 is 0. The number of carbonyl (C=O) groups excluding carboxylic acids is 2. The second kappa shape index (κ2) is 6.48. The van der Waals surface area contributed by atoms with Gasteiger partial charge in [0.05, 0.1) is 11.5 Å². The summed E-state index contributed by atoms with van der Waals surface area (Å²) in [6.45, 7) is 3.90. The molecule has 7 nitrogen and oxygen atoms in total. The molecule has 17 heavy (non-hydrogen) atoms. The molecule has 0 unspecified atom stereocenters. The highest BCUT2D eigenvalue weighted by atomic mass is 32.1. The highest BCUT2D eigenvalue weighted by Crippen LogP contribution is 2.00. The molecule has 0 bridgehead atoms. The van der Waals surface area contributed by atoms with Crippen LogP contribution in [0.1, 0.15) is 0 Å². The molecule has 0 saturated carbocycles. The SMILES string of the molecule is NC(=O)NC(=O)CN1CCN(CC(N)=S)CC1. The van der Waals surface area contributed by atoms with E-state index in [2.05, 4.69) is 4.90 Å². The average Bonchev–Trinajstić information content (AvgIpc) is 2.18. The smallest absolute Gasteiger partial charge is 0.318 e. The summed E-state index contributed by atoms with van der Waals surface area (Å²) in [6.07, 6.45) is 0. The van der Waals surface area contributed by atoms with Crippen LogP contribution in [0.25, 0.3) is 0 Å². The average molecular weight is 259 g/mol. The Kier molecular flexibility index (Phi) is 5.26. The Hall–Kier alpha value is -1.25. The van der Waals surface area contributed by atoms with Gasteiger partial charge in [0, 0.05) is 32.7 Å². The molecule has 8 heteroatoms. The van der Waals surface area contributed by atoms with E-state index in [1.165, 1.54) is 0 Å². The monoisotopic (exact) mass is 259 g/mol. The lowest BCUT2D eigenvalue weighted by Gasteiger charge is -2.33. The molecule has 96 valence electrons. The number of urea groups is 1. The van der Waals surface area contributed by atoms with Crippen LogP contribution in [-0.2, 0) is 4.79 Å². The van der Waals surface area contributed by atoms with E-state index in [0.29, 0.717) is 11.5 Å². The van der Waals surface area contributed by atoms with Crippen LogP contribution >= 0.6 is 12.2 Å². The van der Waals surface area contributed by atoms with E-state index in [1.807, 2.05) is 10.2 Å². The van der Waals surface area contributed by atoms with Crippen LogP contribution in [-0.4, -0.2) is 66.0 Å². The highest BCUT2D eigenvalue weighted by Gasteiger charge is 2.19. The zero-order valence-electron chi connectivity index (χ0n) is 9.52. The molecule has 0 aromatic heterocycles. The van der Waals surface area contributed by atoms with E-state index in [0.717, 1.165) is 26.2 Å². The van der Waals surface area contributed by atoms with Gasteiger partial charge in [0.25, 0.3) is 0 Å². The van der Waals surface area contributed by atoms with Crippen LogP contribution < -0.4 is 16.8 Å². The predicted octanol–water partition coefficient (Wildman–Crippen LogP) is -1.91. The molecule has 5 N–H and O–H groups in total. The number of nitrogens with one attached hydrogen (secondary N) is 1. The van der Waals surface area contributed by atoms with E-state index in [-0.39, 0.29) is 12.5 Å². The second-order valence-corrected chi connectivity index (χ2v) is 4.46. The van der Waals surface area contributed by atoms with Gasteiger partial charge in [-0.15, -0.1) is 0 Å². The predicted molar refractivity (Wildman–Crippen MR) is 67.4 cm³/mol. The van der Waals surface area contributed by atoms with Gasteiger partial charge in [-0.2, -0.15) is 0 Å². The van der Waals surface area contributed by atoms with Gasteiger partial charge in [0.2, 0.25) is 5.91 Å². The van der Waals surface area contributed by atoms with Gasteiger partial charge in [0.1, 0.15) is 0 Å². The van der Waals surface area contributed by atoms with E-state index in [9.17, 15) is 9.59 Å². The van der Waals surface area contributed by atoms with Gasteiger partial charge in [-0.1, -0.05) is 12.2 Å². The summed E-state index contributed by atoms with van der Waals surface area (Å²) in [5, 5.41) is 2.04. The number of primary amides is 1. The van der Waals surface area contributed by atoms with Crippen molar-refractivity contribution in [2.45, 2.75) is 0 Å². The van der Waals surface area contributed by atoms with Crippen molar-refractivity contribution < 1.29 is 9.59 Å². The number of nitrogens with two attached hydrogens (primary N) is 2. The first-order valence-corrected chi connectivity index (χ1v) is 5.70. The van der Waals surface area contributed by atoms with E-state index < -0.39 is 6.03 Å². The zero-order chi connectivity index (χ0) is 12.8. The summed E-state index contributed by atoms with van der Waals surface area (Å²) in [5.74, 6) is -0.375. The van der Waals surface area contributed by atoms with Crippen LogP contribution in [0, 0.1) is 0 Å². The molecular formula is C9H17N5O2S. The fraction of sp³-hybridized carbons (Fsp3) is 0.667. The van der Waals surface area contributed by atoms with Gasteiger partial charge >= 0.3 is 6.03 Å². The minimum Gasteiger partial charge on any atom is -0.392 e. The molecule has 1 aliphatic rings. The molecule has 1 heterocycles. The maximum absolute atomic E-state index is 11.3. The maximum Gasteiger partial charge on any atom is 0.318 e. The molecule has 1 fully saturated rings. The van der Waals surface area contributed by atoms with Crippen molar-refractivity contribution >= 4 is 29.1 Å². The lowest BCUT2D eigenvalue weighted by atomic mass is 10.3. The molecule has 0 radical (unpaired) electrons. The third-order valence-corrected chi connectivity index (χ3v) is 2.60. The van der Waals surface area contributed by atoms with Crippen LogP contribution in [0.5, 0.6) is 0 Å². The number of thiocarbonyl (C=S) groups is 1. The van der Waals surface area contributed by atoms with Gasteiger partial charge in [-0.25, -0.2) is 4.79 Å². The van der Waals surface area contributed by atoms with Crippen molar-refractivity contribution in [3.05, 3.63) is 0 Å². The standard InChI is InChI=1S/C9H17N5O2S/c10-7(17)5-13-1-3-14(4-2-13)6-8(15)12-9(11)16/h1-6H2,(H2,10,17)(H3,11,12,15,16). The van der Waals surface area contributed by atoms with Crippen molar-refractivity contribution in [2.75, 3.05) is 39.3 Å². The summed E-state index contributed by atoms with van der Waals surface area (Å²) >= 11 is 4.83. The minimum absolute atomic E-state index is 0.184. The van der Waals surface area contributed by atoms with E-state index in [4.69, 9.17) is 23.7 Å². The maximum atomic E-state index is 11.3. The molecule has 0 spiro atoms. The van der Waals surface area contributed by atoms with Crippen LogP contribution in [0.3, 0.4) is 0 Å². The number of imide groups is 1. The molecule has 3 amide bonds. The molecule has 0 aromatic carbocycles. The molecule has 1 aliphatic heterocycles. The normalized spacial score (nSPS) is 17.6. The number of hydrogen-bond donors (Lipinski definition) is 3. The second-order valence-electron chi connectivity index (χ2n) is 3.93. The van der Waals surface area contributed by atoms with E-state index >= 15 is 0 Å². The summed E-state index contributed by atoms with van der Waals surface area (Å²) in [4.78, 5) is 26.3. The van der Waals surface area contributed by atoms with Crippen molar-refractivity contribution in [1.82, 2.24) is 15.1 Å². The summed E-state index contributed by atoms with van der Waals surface area (Å²) in [6, 6.07) is -0.817. The third kappa shape index (κ3) is 5.57.